The maximum atomic E-state index is 11.1. The third kappa shape index (κ3) is 5.29. The molecule has 2 nitrogen and oxygen atoms in total. The minimum absolute atomic E-state index is 0.00474. The molecule has 0 aliphatic rings. The van der Waals surface area contributed by atoms with E-state index in [-0.39, 0.29) is 10.8 Å². The monoisotopic (exact) mass is 393 g/mol. The Balaban J connectivity index is 2.71. The van der Waals surface area contributed by atoms with Crippen molar-refractivity contribution < 1.29 is 5.11 Å². The molecule has 0 atom stereocenters. The molecule has 0 fully saturated rings. The summed E-state index contributed by atoms with van der Waals surface area (Å²) in [4.78, 5) is 4.94. The molecule has 0 saturated carbocycles. The zero-order chi connectivity index (χ0) is 22.1. The normalized spacial score (nSPS) is 13.1. The van der Waals surface area contributed by atoms with Crippen molar-refractivity contribution >= 4 is 11.9 Å². The van der Waals surface area contributed by atoms with E-state index in [1.165, 1.54) is 16.7 Å². The molecule has 2 heteroatoms. The highest BCUT2D eigenvalue weighted by Crippen LogP contribution is 2.38. The van der Waals surface area contributed by atoms with Gasteiger partial charge in [-0.2, -0.15) is 0 Å². The number of phenolic OH excluding ortho intramolecular Hbond substituents is 1. The minimum atomic E-state index is -0.146. The Hall–Kier alpha value is -2.09. The first-order valence-electron chi connectivity index (χ1n) is 10.8. The van der Waals surface area contributed by atoms with E-state index >= 15 is 0 Å². The standard InChI is InChI=1S/C27H39NO/c1-17(2)21-12-11-13-22(18(3)4)24(21)28-16-19-14-20(26(5,6)7)15-23(25(19)29)27(8,9)10/h11-18,29H,1-10H3. The molecule has 1 N–H and O–H groups in total. The molecule has 0 bridgehead atoms. The lowest BCUT2D eigenvalue weighted by atomic mass is 9.79. The topological polar surface area (TPSA) is 32.6 Å². The van der Waals surface area contributed by atoms with Crippen molar-refractivity contribution in [2.24, 2.45) is 4.99 Å². The molecule has 29 heavy (non-hydrogen) atoms. The molecule has 0 aliphatic heterocycles. The smallest absolute Gasteiger partial charge is 0.128 e. The highest BCUT2D eigenvalue weighted by molar-refractivity contribution is 5.87. The summed E-state index contributed by atoms with van der Waals surface area (Å²) in [5.41, 5.74) is 6.34. The van der Waals surface area contributed by atoms with Crippen LogP contribution in [0.3, 0.4) is 0 Å². The second-order valence-electron chi connectivity index (χ2n) is 10.8. The number of para-hydroxylation sites is 1. The summed E-state index contributed by atoms with van der Waals surface area (Å²) in [7, 11) is 0. The maximum absolute atomic E-state index is 11.1. The van der Waals surface area contributed by atoms with Crippen LogP contribution in [0.1, 0.15) is 109 Å². The van der Waals surface area contributed by atoms with Crippen LogP contribution in [0, 0.1) is 0 Å². The number of aromatic hydroxyl groups is 1. The van der Waals surface area contributed by atoms with Gasteiger partial charge in [0.1, 0.15) is 5.75 Å². The van der Waals surface area contributed by atoms with Crippen molar-refractivity contribution in [1.29, 1.82) is 0 Å². The van der Waals surface area contributed by atoms with Gasteiger partial charge in [-0.1, -0.05) is 93.5 Å². The lowest BCUT2D eigenvalue weighted by Crippen LogP contribution is -2.17. The maximum Gasteiger partial charge on any atom is 0.128 e. The molecular weight excluding hydrogens is 354 g/mol. The van der Waals surface area contributed by atoms with E-state index in [2.05, 4.69) is 99.6 Å². The number of hydrogen-bond acceptors (Lipinski definition) is 2. The van der Waals surface area contributed by atoms with Crippen LogP contribution in [0.2, 0.25) is 0 Å². The second kappa shape index (κ2) is 8.34. The van der Waals surface area contributed by atoms with Gasteiger partial charge in [-0.15, -0.1) is 0 Å². The highest BCUT2D eigenvalue weighted by atomic mass is 16.3. The van der Waals surface area contributed by atoms with E-state index in [1.807, 2.05) is 6.21 Å². The van der Waals surface area contributed by atoms with Gasteiger partial charge < -0.3 is 5.11 Å². The number of nitrogens with zero attached hydrogens (tertiary/aromatic N) is 1. The van der Waals surface area contributed by atoms with Crippen LogP contribution >= 0.6 is 0 Å². The number of hydrogen-bond donors (Lipinski definition) is 1. The summed E-state index contributed by atoms with van der Waals surface area (Å²) in [6, 6.07) is 10.7. The number of phenols is 1. The lowest BCUT2D eigenvalue weighted by Gasteiger charge is -2.27. The Morgan fingerprint density at radius 1 is 0.828 bits per heavy atom. The zero-order valence-corrected chi connectivity index (χ0v) is 20.0. The summed E-state index contributed by atoms with van der Waals surface area (Å²) in [6.07, 6.45) is 1.85. The van der Waals surface area contributed by atoms with Gasteiger partial charge in [0, 0.05) is 17.3 Å². The highest BCUT2D eigenvalue weighted by Gasteiger charge is 2.24. The molecule has 0 unspecified atom stereocenters. The molecule has 0 heterocycles. The van der Waals surface area contributed by atoms with Crippen molar-refractivity contribution in [3.8, 4) is 5.75 Å². The fraction of sp³-hybridized carbons (Fsp3) is 0.519. The van der Waals surface area contributed by atoms with E-state index in [0.717, 1.165) is 16.8 Å². The van der Waals surface area contributed by atoms with Gasteiger partial charge in [0.2, 0.25) is 0 Å². The SMILES string of the molecule is CC(C)c1cccc(C(C)C)c1N=Cc1cc(C(C)(C)C)cc(C(C)(C)C)c1O. The van der Waals surface area contributed by atoms with Crippen molar-refractivity contribution in [3.63, 3.8) is 0 Å². The fourth-order valence-corrected chi connectivity index (χ4v) is 3.55. The van der Waals surface area contributed by atoms with Crippen LogP contribution in [0.5, 0.6) is 5.75 Å². The van der Waals surface area contributed by atoms with Crippen LogP contribution in [-0.2, 0) is 10.8 Å². The average molecular weight is 394 g/mol. The average Bonchev–Trinajstić information content (AvgIpc) is 2.58. The molecule has 158 valence electrons. The molecule has 2 rings (SSSR count). The van der Waals surface area contributed by atoms with Gasteiger partial charge >= 0.3 is 0 Å². The summed E-state index contributed by atoms with van der Waals surface area (Å²) < 4.78 is 0. The van der Waals surface area contributed by atoms with E-state index < -0.39 is 0 Å². The molecule has 2 aromatic rings. The summed E-state index contributed by atoms with van der Waals surface area (Å²) in [5.74, 6) is 1.11. The molecule has 0 spiro atoms. The summed E-state index contributed by atoms with van der Waals surface area (Å²) >= 11 is 0. The van der Waals surface area contributed by atoms with Gasteiger partial charge in [0.15, 0.2) is 0 Å². The van der Waals surface area contributed by atoms with Crippen LogP contribution < -0.4 is 0 Å². The third-order valence-corrected chi connectivity index (χ3v) is 5.49. The molecule has 0 aliphatic carbocycles. The van der Waals surface area contributed by atoms with Gasteiger partial charge in [-0.3, -0.25) is 4.99 Å². The van der Waals surface area contributed by atoms with Gasteiger partial charge in [-0.05, 0) is 45.4 Å². The van der Waals surface area contributed by atoms with Crippen LogP contribution in [0.25, 0.3) is 0 Å². The lowest BCUT2D eigenvalue weighted by molar-refractivity contribution is 0.444. The Bertz CT molecular complexity index is 864. The van der Waals surface area contributed by atoms with Crippen molar-refractivity contribution in [2.45, 2.75) is 91.9 Å². The third-order valence-electron chi connectivity index (χ3n) is 5.49. The number of rotatable bonds is 4. The molecule has 0 amide bonds. The van der Waals surface area contributed by atoms with Crippen molar-refractivity contribution in [3.05, 3.63) is 58.1 Å². The van der Waals surface area contributed by atoms with Crippen molar-refractivity contribution in [2.75, 3.05) is 0 Å². The molecule has 0 aromatic heterocycles. The van der Waals surface area contributed by atoms with Gasteiger partial charge in [-0.25, -0.2) is 0 Å². The largest absolute Gasteiger partial charge is 0.507 e. The van der Waals surface area contributed by atoms with Crippen LogP contribution in [-0.4, -0.2) is 11.3 Å². The molecular formula is C27H39NO. The summed E-state index contributed by atoms with van der Waals surface area (Å²) in [6.45, 7) is 21.8. The Morgan fingerprint density at radius 2 is 1.34 bits per heavy atom. The first-order valence-corrected chi connectivity index (χ1v) is 10.8. The van der Waals surface area contributed by atoms with Crippen molar-refractivity contribution in [1.82, 2.24) is 0 Å². The fourth-order valence-electron chi connectivity index (χ4n) is 3.55. The second-order valence-corrected chi connectivity index (χ2v) is 10.8. The van der Waals surface area contributed by atoms with Gasteiger partial charge in [0.05, 0.1) is 5.69 Å². The number of aliphatic imine (C=N–C) groups is 1. The van der Waals surface area contributed by atoms with E-state index in [1.54, 1.807) is 0 Å². The molecule has 0 saturated heterocycles. The predicted octanol–water partition coefficient (Wildman–Crippen LogP) is 7.98. The van der Waals surface area contributed by atoms with E-state index in [4.69, 9.17) is 4.99 Å². The van der Waals surface area contributed by atoms with Gasteiger partial charge in [0.25, 0.3) is 0 Å². The molecule has 0 radical (unpaired) electrons. The first kappa shape index (κ1) is 23.2. The predicted molar refractivity (Wildman–Crippen MR) is 127 cm³/mol. The Kier molecular flexibility index (Phi) is 6.67. The quantitative estimate of drug-likeness (QED) is 0.525. The van der Waals surface area contributed by atoms with Crippen LogP contribution in [0.4, 0.5) is 5.69 Å². The number of benzene rings is 2. The van der Waals surface area contributed by atoms with E-state index in [0.29, 0.717) is 17.6 Å². The molecule has 2 aromatic carbocycles. The Labute approximate surface area is 178 Å². The van der Waals surface area contributed by atoms with Crippen LogP contribution in [0.15, 0.2) is 35.3 Å². The summed E-state index contributed by atoms with van der Waals surface area (Å²) in [5, 5.41) is 11.1. The Morgan fingerprint density at radius 3 is 1.76 bits per heavy atom. The zero-order valence-electron chi connectivity index (χ0n) is 20.0. The first-order chi connectivity index (χ1) is 13.2. The van der Waals surface area contributed by atoms with E-state index in [9.17, 15) is 5.11 Å². The minimum Gasteiger partial charge on any atom is -0.507 e.